The third kappa shape index (κ3) is 4.88. The lowest BCUT2D eigenvalue weighted by molar-refractivity contribution is 0.443. The Morgan fingerprint density at radius 2 is 2.00 bits per heavy atom. The minimum absolute atomic E-state index is 0.0167. The van der Waals surface area contributed by atoms with E-state index in [1.807, 2.05) is 53.1 Å². The Labute approximate surface area is 231 Å². The van der Waals surface area contributed by atoms with Gasteiger partial charge in [-0.3, -0.25) is 4.98 Å². The van der Waals surface area contributed by atoms with Gasteiger partial charge in [0, 0.05) is 48.6 Å². The van der Waals surface area contributed by atoms with Crippen LogP contribution >= 0.6 is 11.6 Å². The lowest BCUT2D eigenvalue weighted by Gasteiger charge is -2.22. The van der Waals surface area contributed by atoms with E-state index in [1.165, 1.54) is 0 Å². The van der Waals surface area contributed by atoms with E-state index < -0.39 is 0 Å². The molecule has 5 aromatic rings. The zero-order chi connectivity index (χ0) is 27.3. The molecule has 4 aromatic heterocycles. The molecule has 39 heavy (non-hydrogen) atoms. The number of benzene rings is 1. The fourth-order valence-electron chi connectivity index (χ4n) is 4.83. The number of nitrogens with zero attached hydrogens (tertiary/aromatic N) is 7. The molecule has 6 rings (SSSR count). The lowest BCUT2D eigenvalue weighted by Crippen LogP contribution is -2.20. The first-order valence-corrected chi connectivity index (χ1v) is 13.4. The fourth-order valence-corrected chi connectivity index (χ4v) is 5.09. The van der Waals surface area contributed by atoms with Crippen molar-refractivity contribution < 1.29 is 0 Å². The number of hydrogen-bond donors (Lipinski definition) is 2. The summed E-state index contributed by atoms with van der Waals surface area (Å²) in [5.74, 6) is 0. The summed E-state index contributed by atoms with van der Waals surface area (Å²) in [6, 6.07) is 10.4. The number of halogens is 1. The normalized spacial score (nSPS) is 14.5. The Balaban J connectivity index is 1.47. The Morgan fingerprint density at radius 3 is 2.74 bits per heavy atom. The van der Waals surface area contributed by atoms with Gasteiger partial charge in [0.15, 0.2) is 0 Å². The van der Waals surface area contributed by atoms with E-state index in [0.29, 0.717) is 28.7 Å². The average molecular weight is 540 g/mol. The van der Waals surface area contributed by atoms with Crippen LogP contribution in [0.15, 0.2) is 49.1 Å². The molecular weight excluding hydrogens is 510 g/mol. The van der Waals surface area contributed by atoms with Crippen molar-refractivity contribution in [3.63, 3.8) is 0 Å². The van der Waals surface area contributed by atoms with E-state index in [-0.39, 0.29) is 11.5 Å². The minimum atomic E-state index is -0.308. The molecule has 2 N–H and O–H groups in total. The van der Waals surface area contributed by atoms with Crippen molar-refractivity contribution in [3.05, 3.63) is 70.9 Å². The predicted molar refractivity (Wildman–Crippen MR) is 154 cm³/mol. The van der Waals surface area contributed by atoms with E-state index in [1.54, 1.807) is 6.20 Å². The fraction of sp³-hybridized carbons (Fsp3) is 0.345. The lowest BCUT2D eigenvalue weighted by atomic mass is 9.96. The maximum absolute atomic E-state index is 9.84. The second kappa shape index (κ2) is 9.54. The van der Waals surface area contributed by atoms with Crippen LogP contribution in [0.4, 0.5) is 11.4 Å². The molecule has 1 saturated carbocycles. The first-order chi connectivity index (χ1) is 18.7. The number of fused-ring (bicyclic) bond motifs is 2. The molecule has 10 heteroatoms. The number of aryl methyl sites for hydroxylation is 1. The summed E-state index contributed by atoms with van der Waals surface area (Å²) < 4.78 is 3.96. The Kier molecular flexibility index (Phi) is 6.15. The van der Waals surface area contributed by atoms with Gasteiger partial charge in [0.1, 0.15) is 17.4 Å². The van der Waals surface area contributed by atoms with Gasteiger partial charge in [-0.25, -0.2) is 9.67 Å². The number of aromatic nitrogens is 6. The van der Waals surface area contributed by atoms with Gasteiger partial charge < -0.3 is 15.2 Å². The highest BCUT2D eigenvalue weighted by Crippen LogP contribution is 2.38. The van der Waals surface area contributed by atoms with Crippen molar-refractivity contribution >= 4 is 44.9 Å². The molecule has 1 atom stereocenters. The predicted octanol–water partition coefficient (Wildman–Crippen LogP) is 6.23. The summed E-state index contributed by atoms with van der Waals surface area (Å²) in [5.41, 5.74) is 5.39. The molecule has 9 nitrogen and oxygen atoms in total. The van der Waals surface area contributed by atoms with Crippen LogP contribution in [0.25, 0.3) is 21.9 Å². The highest BCUT2D eigenvalue weighted by molar-refractivity contribution is 6.35. The van der Waals surface area contributed by atoms with E-state index in [9.17, 15) is 5.26 Å². The van der Waals surface area contributed by atoms with Crippen LogP contribution in [0.2, 0.25) is 5.02 Å². The van der Waals surface area contributed by atoms with Gasteiger partial charge in [-0.05, 0) is 48.1 Å². The number of hydrogen-bond acceptors (Lipinski definition) is 7. The molecule has 1 fully saturated rings. The Hall–Kier alpha value is -4.16. The molecule has 1 unspecified atom stereocenters. The first kappa shape index (κ1) is 25.1. The smallest absolute Gasteiger partial charge is 0.139 e. The van der Waals surface area contributed by atoms with Crippen molar-refractivity contribution in [3.8, 4) is 6.07 Å². The third-order valence-electron chi connectivity index (χ3n) is 7.01. The number of nitrogens with one attached hydrogen (secondary N) is 2. The molecule has 0 saturated heterocycles. The van der Waals surface area contributed by atoms with Crippen LogP contribution in [-0.2, 0) is 7.05 Å². The van der Waals surface area contributed by atoms with Gasteiger partial charge in [0.05, 0.1) is 40.1 Å². The second-order valence-corrected chi connectivity index (χ2v) is 11.8. The molecule has 0 radical (unpaired) electrons. The van der Waals surface area contributed by atoms with Crippen molar-refractivity contribution in [2.24, 2.45) is 12.5 Å². The van der Waals surface area contributed by atoms with Gasteiger partial charge in [0.25, 0.3) is 0 Å². The molecular formula is C29H30ClN9. The molecule has 0 aliphatic heterocycles. The molecule has 0 bridgehead atoms. The van der Waals surface area contributed by atoms with Gasteiger partial charge in [-0.2, -0.15) is 5.26 Å². The van der Waals surface area contributed by atoms with Crippen LogP contribution in [0, 0.1) is 16.7 Å². The zero-order valence-electron chi connectivity index (χ0n) is 22.4. The minimum Gasteiger partial charge on any atom is -0.383 e. The summed E-state index contributed by atoms with van der Waals surface area (Å²) in [6.45, 7) is 7.13. The SMILES string of the molecule is Cn1ccc2c(C(Nc3cc(Cl)c4ncc(C#N)c(NCC(C)(C)C)c4c3)c3cn(C4CC4)nn3)ccnc21. The topological polar surface area (TPSA) is 109 Å². The summed E-state index contributed by atoms with van der Waals surface area (Å²) >= 11 is 6.79. The maximum atomic E-state index is 9.84. The first-order valence-electron chi connectivity index (χ1n) is 13.1. The van der Waals surface area contributed by atoms with Crippen molar-refractivity contribution in [1.82, 2.24) is 29.5 Å². The number of anilines is 2. The maximum Gasteiger partial charge on any atom is 0.139 e. The molecule has 0 spiro atoms. The van der Waals surface area contributed by atoms with Gasteiger partial charge in [0.2, 0.25) is 0 Å². The summed E-state index contributed by atoms with van der Waals surface area (Å²) in [4.78, 5) is 9.09. The average Bonchev–Trinajstić information content (AvgIpc) is 3.52. The molecule has 0 amide bonds. The number of pyridine rings is 2. The van der Waals surface area contributed by atoms with Crippen LogP contribution in [0.5, 0.6) is 0 Å². The largest absolute Gasteiger partial charge is 0.383 e. The van der Waals surface area contributed by atoms with Crippen molar-refractivity contribution in [2.75, 3.05) is 17.2 Å². The van der Waals surface area contributed by atoms with Gasteiger partial charge >= 0.3 is 0 Å². The summed E-state index contributed by atoms with van der Waals surface area (Å²) in [7, 11) is 1.99. The molecule has 198 valence electrons. The van der Waals surface area contributed by atoms with Crippen LogP contribution in [0.3, 0.4) is 0 Å². The Bertz CT molecular complexity index is 1730. The van der Waals surface area contributed by atoms with E-state index in [2.05, 4.69) is 63.8 Å². The second-order valence-electron chi connectivity index (χ2n) is 11.4. The van der Waals surface area contributed by atoms with E-state index in [0.717, 1.165) is 51.9 Å². The zero-order valence-corrected chi connectivity index (χ0v) is 23.2. The summed E-state index contributed by atoms with van der Waals surface area (Å²) in [6.07, 6.45) is 9.68. The Morgan fingerprint density at radius 1 is 1.18 bits per heavy atom. The standard InChI is InChI=1S/C29H30ClN9/c1-29(2,3)16-34-25-17(13-31)14-33-26-22(25)11-18(12-23(26)30)35-27(24-15-39(37-36-24)19-5-6-19)20-7-9-32-28-21(20)8-10-38(28)4/h7-12,14-15,19,27,35H,5-6,16H2,1-4H3,(H,33,34). The van der Waals surface area contributed by atoms with E-state index in [4.69, 9.17) is 11.6 Å². The summed E-state index contributed by atoms with van der Waals surface area (Å²) in [5, 5.41) is 28.3. The van der Waals surface area contributed by atoms with Crippen LogP contribution in [-0.4, -0.2) is 36.1 Å². The van der Waals surface area contributed by atoms with Crippen LogP contribution in [0.1, 0.15) is 62.5 Å². The molecule has 4 heterocycles. The van der Waals surface area contributed by atoms with Crippen molar-refractivity contribution in [2.45, 2.75) is 45.7 Å². The highest BCUT2D eigenvalue weighted by Gasteiger charge is 2.28. The highest BCUT2D eigenvalue weighted by atomic mass is 35.5. The monoisotopic (exact) mass is 539 g/mol. The molecule has 1 aliphatic rings. The van der Waals surface area contributed by atoms with Crippen molar-refractivity contribution in [1.29, 1.82) is 5.26 Å². The van der Waals surface area contributed by atoms with Gasteiger partial charge in [-0.15, -0.1) is 5.10 Å². The quantitative estimate of drug-likeness (QED) is 0.252. The molecule has 1 aliphatic carbocycles. The van der Waals surface area contributed by atoms with E-state index >= 15 is 0 Å². The number of nitriles is 1. The number of rotatable bonds is 7. The third-order valence-corrected chi connectivity index (χ3v) is 7.30. The van der Waals surface area contributed by atoms with Crippen LogP contribution < -0.4 is 10.6 Å². The molecule has 1 aromatic carbocycles. The van der Waals surface area contributed by atoms with Gasteiger partial charge in [-0.1, -0.05) is 37.6 Å².